The van der Waals surface area contributed by atoms with E-state index in [9.17, 15) is 0 Å². The topological polar surface area (TPSA) is 12.0 Å². The average Bonchev–Trinajstić information content (AvgIpc) is 2.33. The largest absolute Gasteiger partial charge is 0.310 e. The molecule has 1 unspecified atom stereocenters. The number of benzene rings is 1. The molecule has 0 aromatic heterocycles. The van der Waals surface area contributed by atoms with E-state index in [4.69, 9.17) is 0 Å². The van der Waals surface area contributed by atoms with E-state index < -0.39 is 0 Å². The summed E-state index contributed by atoms with van der Waals surface area (Å²) in [5, 5.41) is 3.61. The molecular weight excluding hydrogens is 230 g/mol. The van der Waals surface area contributed by atoms with Crippen LogP contribution in [0.25, 0.3) is 0 Å². The van der Waals surface area contributed by atoms with Crippen molar-refractivity contribution in [1.29, 1.82) is 0 Å². The van der Waals surface area contributed by atoms with Gasteiger partial charge in [-0.2, -0.15) is 0 Å². The fraction of sp³-hybridized carbons (Fsp3) is 0.667. The van der Waals surface area contributed by atoms with Crippen molar-refractivity contribution in [3.63, 3.8) is 0 Å². The van der Waals surface area contributed by atoms with Crippen LogP contribution in [0.2, 0.25) is 0 Å². The highest BCUT2D eigenvalue weighted by atomic mass is 14.9. The zero-order chi connectivity index (χ0) is 14.5. The van der Waals surface area contributed by atoms with Gasteiger partial charge in [0.15, 0.2) is 0 Å². The Kier molecular flexibility index (Phi) is 6.06. The summed E-state index contributed by atoms with van der Waals surface area (Å²) in [7, 11) is 0. The van der Waals surface area contributed by atoms with Crippen molar-refractivity contribution in [2.24, 2.45) is 5.92 Å². The fourth-order valence-corrected chi connectivity index (χ4v) is 2.35. The van der Waals surface area contributed by atoms with Crippen LogP contribution in [-0.4, -0.2) is 6.54 Å². The minimum Gasteiger partial charge on any atom is -0.310 e. The summed E-state index contributed by atoms with van der Waals surface area (Å²) in [6, 6.07) is 9.67. The molecule has 1 aromatic carbocycles. The molecule has 0 aliphatic rings. The lowest BCUT2D eigenvalue weighted by Crippen LogP contribution is -2.21. The SMILES string of the molecule is CCNC(CCC(C)C)c1ccc(C(C)(C)C)cc1. The maximum atomic E-state index is 3.61. The van der Waals surface area contributed by atoms with Gasteiger partial charge < -0.3 is 5.32 Å². The van der Waals surface area contributed by atoms with Crippen molar-refractivity contribution in [2.45, 2.75) is 65.8 Å². The van der Waals surface area contributed by atoms with Crippen molar-refractivity contribution in [2.75, 3.05) is 6.54 Å². The van der Waals surface area contributed by atoms with Crippen molar-refractivity contribution in [3.8, 4) is 0 Å². The minimum absolute atomic E-state index is 0.240. The summed E-state index contributed by atoms with van der Waals surface area (Å²) in [4.78, 5) is 0. The number of hydrogen-bond donors (Lipinski definition) is 1. The quantitative estimate of drug-likeness (QED) is 0.753. The molecule has 0 aliphatic carbocycles. The second-order valence-corrected chi connectivity index (χ2v) is 6.95. The van der Waals surface area contributed by atoms with Gasteiger partial charge in [-0.05, 0) is 41.8 Å². The van der Waals surface area contributed by atoms with Crippen LogP contribution in [0.4, 0.5) is 0 Å². The Hall–Kier alpha value is -0.820. The number of hydrogen-bond acceptors (Lipinski definition) is 1. The first-order valence-corrected chi connectivity index (χ1v) is 7.68. The molecule has 0 fully saturated rings. The Balaban J connectivity index is 2.79. The van der Waals surface area contributed by atoms with Gasteiger partial charge in [-0.1, -0.05) is 65.8 Å². The van der Waals surface area contributed by atoms with Crippen molar-refractivity contribution < 1.29 is 0 Å². The van der Waals surface area contributed by atoms with Crippen LogP contribution in [0.15, 0.2) is 24.3 Å². The van der Waals surface area contributed by atoms with Crippen LogP contribution in [-0.2, 0) is 5.41 Å². The van der Waals surface area contributed by atoms with Crippen molar-refractivity contribution >= 4 is 0 Å². The average molecular weight is 261 g/mol. The van der Waals surface area contributed by atoms with Gasteiger partial charge in [-0.25, -0.2) is 0 Å². The van der Waals surface area contributed by atoms with Gasteiger partial charge in [0.05, 0.1) is 0 Å². The van der Waals surface area contributed by atoms with Crippen LogP contribution >= 0.6 is 0 Å². The third-order valence-corrected chi connectivity index (χ3v) is 3.66. The highest BCUT2D eigenvalue weighted by Crippen LogP contribution is 2.26. The standard InChI is InChI=1S/C18H31N/c1-7-19-17(13-8-14(2)3)15-9-11-16(12-10-15)18(4,5)6/h9-12,14,17,19H,7-8,13H2,1-6H3. The van der Waals surface area contributed by atoms with E-state index in [1.54, 1.807) is 0 Å². The van der Waals surface area contributed by atoms with Gasteiger partial charge >= 0.3 is 0 Å². The molecule has 1 rings (SSSR count). The highest BCUT2D eigenvalue weighted by molar-refractivity contribution is 5.29. The molecule has 0 heterocycles. The van der Waals surface area contributed by atoms with E-state index in [-0.39, 0.29) is 5.41 Å². The first-order chi connectivity index (χ1) is 8.84. The van der Waals surface area contributed by atoms with E-state index in [1.165, 1.54) is 24.0 Å². The lowest BCUT2D eigenvalue weighted by Gasteiger charge is -2.22. The van der Waals surface area contributed by atoms with Crippen molar-refractivity contribution in [1.82, 2.24) is 5.32 Å². The number of nitrogens with one attached hydrogen (secondary N) is 1. The first-order valence-electron chi connectivity index (χ1n) is 7.68. The molecule has 0 saturated carbocycles. The first kappa shape index (κ1) is 16.2. The fourth-order valence-electron chi connectivity index (χ4n) is 2.35. The summed E-state index contributed by atoms with van der Waals surface area (Å²) < 4.78 is 0. The monoisotopic (exact) mass is 261 g/mol. The molecule has 0 saturated heterocycles. The van der Waals surface area contributed by atoms with E-state index in [1.807, 2.05) is 0 Å². The normalized spacial score (nSPS) is 13.8. The zero-order valence-electron chi connectivity index (χ0n) is 13.6. The van der Waals surface area contributed by atoms with Crippen LogP contribution in [0.1, 0.15) is 71.6 Å². The van der Waals surface area contributed by atoms with Crippen LogP contribution in [0, 0.1) is 5.92 Å². The molecule has 108 valence electrons. The molecule has 0 amide bonds. The maximum Gasteiger partial charge on any atom is 0.0320 e. The Morgan fingerprint density at radius 1 is 1.00 bits per heavy atom. The van der Waals surface area contributed by atoms with Gasteiger partial charge in [-0.15, -0.1) is 0 Å². The van der Waals surface area contributed by atoms with Crippen molar-refractivity contribution in [3.05, 3.63) is 35.4 Å². The van der Waals surface area contributed by atoms with Crippen LogP contribution in [0.3, 0.4) is 0 Å². The lowest BCUT2D eigenvalue weighted by atomic mass is 9.86. The molecule has 1 aromatic rings. The number of rotatable bonds is 6. The Labute approximate surface area is 119 Å². The smallest absolute Gasteiger partial charge is 0.0320 e. The second kappa shape index (κ2) is 7.09. The Morgan fingerprint density at radius 3 is 2.00 bits per heavy atom. The maximum absolute atomic E-state index is 3.61. The van der Waals surface area contributed by atoms with Gasteiger partial charge in [-0.3, -0.25) is 0 Å². The van der Waals surface area contributed by atoms with Gasteiger partial charge in [0, 0.05) is 6.04 Å². The molecule has 1 heteroatoms. The van der Waals surface area contributed by atoms with E-state index >= 15 is 0 Å². The lowest BCUT2D eigenvalue weighted by molar-refractivity contribution is 0.448. The Morgan fingerprint density at radius 2 is 1.58 bits per heavy atom. The molecular formula is C18H31N. The molecule has 0 radical (unpaired) electrons. The summed E-state index contributed by atoms with van der Waals surface area (Å²) in [6.07, 6.45) is 2.50. The summed E-state index contributed by atoms with van der Waals surface area (Å²) >= 11 is 0. The molecule has 0 aliphatic heterocycles. The van der Waals surface area contributed by atoms with Gasteiger partial charge in [0.2, 0.25) is 0 Å². The zero-order valence-corrected chi connectivity index (χ0v) is 13.6. The minimum atomic E-state index is 0.240. The molecule has 1 atom stereocenters. The summed E-state index contributed by atoms with van der Waals surface area (Å²) in [5.41, 5.74) is 3.08. The molecule has 1 N–H and O–H groups in total. The molecule has 1 nitrogen and oxygen atoms in total. The predicted octanol–water partition coefficient (Wildman–Crippen LogP) is 5.07. The predicted molar refractivity (Wildman–Crippen MR) is 85.6 cm³/mol. The van der Waals surface area contributed by atoms with Gasteiger partial charge in [0.1, 0.15) is 0 Å². The molecule has 0 spiro atoms. The summed E-state index contributed by atoms with van der Waals surface area (Å²) in [5.74, 6) is 0.773. The third-order valence-electron chi connectivity index (χ3n) is 3.66. The Bertz CT molecular complexity index is 356. The molecule has 0 bridgehead atoms. The second-order valence-electron chi connectivity index (χ2n) is 6.95. The summed E-state index contributed by atoms with van der Waals surface area (Å²) in [6.45, 7) is 14.6. The van der Waals surface area contributed by atoms with E-state index in [2.05, 4.69) is 71.1 Å². The molecule has 19 heavy (non-hydrogen) atoms. The highest BCUT2D eigenvalue weighted by Gasteiger charge is 2.15. The van der Waals surface area contributed by atoms with Gasteiger partial charge in [0.25, 0.3) is 0 Å². The third kappa shape index (κ3) is 5.36. The van der Waals surface area contributed by atoms with E-state index in [0.29, 0.717) is 6.04 Å². The van der Waals surface area contributed by atoms with Crippen LogP contribution < -0.4 is 5.32 Å². The van der Waals surface area contributed by atoms with Crippen LogP contribution in [0.5, 0.6) is 0 Å². The van der Waals surface area contributed by atoms with E-state index in [0.717, 1.165) is 12.5 Å².